The lowest BCUT2D eigenvalue weighted by Gasteiger charge is -2.32. The zero-order chi connectivity index (χ0) is 20.4. The number of halogens is 1. The Kier molecular flexibility index (Phi) is 6.06. The number of likely N-dealkylation sites (tertiary alicyclic amines) is 1. The zero-order valence-corrected chi connectivity index (χ0v) is 18.9. The van der Waals surface area contributed by atoms with E-state index in [1.54, 1.807) is 24.5 Å². The summed E-state index contributed by atoms with van der Waals surface area (Å²) >= 11 is 5.24. The van der Waals surface area contributed by atoms with Gasteiger partial charge in [0.1, 0.15) is 0 Å². The molecule has 1 aromatic heterocycles. The second kappa shape index (κ2) is 8.71. The van der Waals surface area contributed by atoms with Crippen molar-refractivity contribution in [1.29, 1.82) is 0 Å². The van der Waals surface area contributed by atoms with Crippen LogP contribution in [-0.2, 0) is 0 Å². The van der Waals surface area contributed by atoms with E-state index in [0.717, 1.165) is 29.9 Å². The molecule has 0 radical (unpaired) electrons. The van der Waals surface area contributed by atoms with Crippen LogP contribution in [0.3, 0.4) is 0 Å². The van der Waals surface area contributed by atoms with Gasteiger partial charge in [0.25, 0.3) is 5.91 Å². The van der Waals surface area contributed by atoms with Crippen LogP contribution in [-0.4, -0.2) is 42.6 Å². The Labute approximate surface area is 182 Å². The van der Waals surface area contributed by atoms with E-state index in [9.17, 15) is 4.79 Å². The second-order valence-corrected chi connectivity index (χ2v) is 8.95. The molecule has 0 unspecified atom stereocenters. The number of fused-ring (bicyclic) bond motifs is 1. The minimum Gasteiger partial charge on any atom is -0.492 e. The summed E-state index contributed by atoms with van der Waals surface area (Å²) in [7, 11) is 1.59. The number of amides is 1. The van der Waals surface area contributed by atoms with Gasteiger partial charge in [-0.1, -0.05) is 12.1 Å². The molecule has 3 aromatic rings. The molecule has 152 valence electrons. The summed E-state index contributed by atoms with van der Waals surface area (Å²) in [6, 6.07) is 11.8. The normalized spacial score (nSPS) is 16.8. The maximum atomic E-state index is 13.2. The van der Waals surface area contributed by atoms with Gasteiger partial charge >= 0.3 is 0 Å². The molecule has 0 bridgehead atoms. The molecule has 7 heteroatoms. The zero-order valence-electron chi connectivity index (χ0n) is 16.5. The predicted molar refractivity (Wildman–Crippen MR) is 119 cm³/mol. The van der Waals surface area contributed by atoms with E-state index >= 15 is 0 Å². The average molecular weight is 475 g/mol. The highest BCUT2D eigenvalue weighted by atomic mass is 79.9. The van der Waals surface area contributed by atoms with Gasteiger partial charge in [-0.2, -0.15) is 0 Å². The maximum Gasteiger partial charge on any atom is 0.254 e. The summed E-state index contributed by atoms with van der Waals surface area (Å²) in [4.78, 5) is 20.0. The Morgan fingerprint density at radius 1 is 1.34 bits per heavy atom. The molecule has 1 atom stereocenters. The first-order valence-electron chi connectivity index (χ1n) is 9.75. The van der Waals surface area contributed by atoms with Crippen LogP contribution in [0.4, 0.5) is 0 Å². The van der Waals surface area contributed by atoms with Crippen LogP contribution in [0.2, 0.25) is 0 Å². The van der Waals surface area contributed by atoms with E-state index in [0.29, 0.717) is 34.7 Å². The van der Waals surface area contributed by atoms with Crippen LogP contribution in [0.1, 0.15) is 41.0 Å². The van der Waals surface area contributed by atoms with Crippen molar-refractivity contribution in [3.63, 3.8) is 0 Å². The molecule has 0 aliphatic carbocycles. The number of aromatic nitrogens is 1. The number of carbonyl (C=O) groups excluding carboxylic acids is 1. The van der Waals surface area contributed by atoms with Gasteiger partial charge in [-0.25, -0.2) is 4.98 Å². The lowest BCUT2D eigenvalue weighted by atomic mass is 9.98. The number of thiazole rings is 1. The van der Waals surface area contributed by atoms with Crippen molar-refractivity contribution in [1.82, 2.24) is 9.88 Å². The number of benzene rings is 2. The van der Waals surface area contributed by atoms with Gasteiger partial charge in [0.2, 0.25) is 0 Å². The van der Waals surface area contributed by atoms with Crippen molar-refractivity contribution in [3.05, 3.63) is 51.4 Å². The quantitative estimate of drug-likeness (QED) is 0.490. The summed E-state index contributed by atoms with van der Waals surface area (Å²) in [5, 5.41) is 1.12. The third-order valence-corrected chi connectivity index (χ3v) is 6.92. The monoisotopic (exact) mass is 474 g/mol. The fraction of sp³-hybridized carbons (Fsp3) is 0.364. The van der Waals surface area contributed by atoms with Crippen LogP contribution in [0.25, 0.3) is 10.2 Å². The standard InChI is InChI=1S/C22H23BrN2O3S/c1-3-28-18-12-15(11-16(23)20(18)27-2)22(26)25-10-6-7-14(13-25)21-24-17-8-4-5-9-19(17)29-21/h4-5,8-9,11-12,14H,3,6-7,10,13H2,1-2H3/t14-/m1/s1. The molecule has 2 aromatic carbocycles. The number of hydrogen-bond acceptors (Lipinski definition) is 5. The molecule has 1 aliphatic rings. The number of para-hydroxylation sites is 1. The summed E-state index contributed by atoms with van der Waals surface area (Å²) in [5.74, 6) is 1.47. The molecular weight excluding hydrogens is 452 g/mol. The Hall–Kier alpha value is -2.12. The van der Waals surface area contributed by atoms with E-state index in [4.69, 9.17) is 14.5 Å². The molecule has 4 rings (SSSR count). The van der Waals surface area contributed by atoms with Crippen molar-refractivity contribution in [2.75, 3.05) is 26.8 Å². The number of ether oxygens (including phenoxy) is 2. The first-order valence-corrected chi connectivity index (χ1v) is 11.4. The highest BCUT2D eigenvalue weighted by Gasteiger charge is 2.28. The summed E-state index contributed by atoms with van der Waals surface area (Å²) in [6.07, 6.45) is 2.03. The molecule has 0 N–H and O–H groups in total. The SMILES string of the molecule is CCOc1cc(C(=O)N2CCC[C@@H](c3nc4ccccc4s3)C2)cc(Br)c1OC. The van der Waals surface area contributed by atoms with Crippen molar-refractivity contribution in [3.8, 4) is 11.5 Å². The summed E-state index contributed by atoms with van der Waals surface area (Å²) < 4.78 is 13.0. The van der Waals surface area contributed by atoms with Gasteiger partial charge < -0.3 is 14.4 Å². The van der Waals surface area contributed by atoms with Gasteiger partial charge in [0, 0.05) is 24.6 Å². The lowest BCUT2D eigenvalue weighted by Crippen LogP contribution is -2.39. The molecule has 1 fully saturated rings. The fourth-order valence-corrected chi connectivity index (χ4v) is 5.46. The average Bonchev–Trinajstić information content (AvgIpc) is 3.18. The first-order chi connectivity index (χ1) is 14.1. The van der Waals surface area contributed by atoms with E-state index in [-0.39, 0.29) is 11.8 Å². The van der Waals surface area contributed by atoms with Crippen LogP contribution in [0, 0.1) is 0 Å². The van der Waals surface area contributed by atoms with Crippen LogP contribution in [0.5, 0.6) is 11.5 Å². The van der Waals surface area contributed by atoms with Crippen molar-refractivity contribution >= 4 is 43.4 Å². The molecule has 5 nitrogen and oxygen atoms in total. The Bertz CT molecular complexity index is 1000. The van der Waals surface area contributed by atoms with Crippen molar-refractivity contribution in [2.24, 2.45) is 0 Å². The summed E-state index contributed by atoms with van der Waals surface area (Å²) in [6.45, 7) is 3.86. The Morgan fingerprint density at radius 3 is 2.93 bits per heavy atom. The van der Waals surface area contributed by atoms with Crippen LogP contribution in [0.15, 0.2) is 40.9 Å². The summed E-state index contributed by atoms with van der Waals surface area (Å²) in [5.41, 5.74) is 1.64. The first kappa shape index (κ1) is 20.2. The number of rotatable bonds is 5. The Balaban J connectivity index is 1.57. The largest absolute Gasteiger partial charge is 0.492 e. The molecule has 2 heterocycles. The fourth-order valence-electron chi connectivity index (χ4n) is 3.76. The topological polar surface area (TPSA) is 51.7 Å². The molecule has 0 spiro atoms. The predicted octanol–water partition coefficient (Wildman–Crippen LogP) is 5.49. The number of methoxy groups -OCH3 is 1. The third-order valence-electron chi connectivity index (χ3n) is 5.13. The Morgan fingerprint density at radius 2 is 2.17 bits per heavy atom. The minimum atomic E-state index is 0.0140. The molecular formula is C22H23BrN2O3S. The van der Waals surface area contributed by atoms with E-state index in [1.807, 2.05) is 36.1 Å². The highest BCUT2D eigenvalue weighted by molar-refractivity contribution is 9.10. The highest BCUT2D eigenvalue weighted by Crippen LogP contribution is 2.38. The van der Waals surface area contributed by atoms with Crippen LogP contribution >= 0.6 is 27.3 Å². The number of piperidine rings is 1. The van der Waals surface area contributed by atoms with E-state index < -0.39 is 0 Å². The number of nitrogens with zero attached hydrogens (tertiary/aromatic N) is 2. The number of carbonyl (C=O) groups is 1. The van der Waals surface area contributed by atoms with Gasteiger partial charge in [0.05, 0.1) is 33.4 Å². The molecule has 29 heavy (non-hydrogen) atoms. The third kappa shape index (κ3) is 4.12. The van der Waals surface area contributed by atoms with Gasteiger partial charge in [0.15, 0.2) is 11.5 Å². The van der Waals surface area contributed by atoms with Gasteiger partial charge in [-0.05, 0) is 60.0 Å². The van der Waals surface area contributed by atoms with Crippen molar-refractivity contribution in [2.45, 2.75) is 25.7 Å². The minimum absolute atomic E-state index is 0.0140. The lowest BCUT2D eigenvalue weighted by molar-refractivity contribution is 0.0706. The molecule has 1 saturated heterocycles. The molecule has 0 saturated carbocycles. The molecule has 1 aliphatic heterocycles. The van der Waals surface area contributed by atoms with E-state index in [2.05, 4.69) is 22.0 Å². The van der Waals surface area contributed by atoms with Crippen molar-refractivity contribution < 1.29 is 14.3 Å². The van der Waals surface area contributed by atoms with Gasteiger partial charge in [-0.15, -0.1) is 11.3 Å². The second-order valence-electron chi connectivity index (χ2n) is 7.03. The van der Waals surface area contributed by atoms with Gasteiger partial charge in [-0.3, -0.25) is 4.79 Å². The van der Waals surface area contributed by atoms with Crippen LogP contribution < -0.4 is 9.47 Å². The maximum absolute atomic E-state index is 13.2. The van der Waals surface area contributed by atoms with E-state index in [1.165, 1.54) is 4.70 Å². The molecule has 1 amide bonds. The smallest absolute Gasteiger partial charge is 0.254 e. The number of hydrogen-bond donors (Lipinski definition) is 0.